The van der Waals surface area contributed by atoms with Crippen molar-refractivity contribution in [1.82, 2.24) is 19.5 Å². The Morgan fingerprint density at radius 1 is 1.21 bits per heavy atom. The number of hydrogen-bond donors (Lipinski definition) is 2. The molecule has 3 N–H and O–H groups in total. The molecule has 1 unspecified atom stereocenters. The van der Waals surface area contributed by atoms with Gasteiger partial charge in [0.05, 0.1) is 24.1 Å². The molecule has 1 fully saturated rings. The Morgan fingerprint density at radius 3 is 2.48 bits per heavy atom. The first-order chi connectivity index (χ1) is 13.4. The maximum Gasteiger partial charge on any atom is 0.280 e. The number of aromatic nitrogens is 4. The molecule has 4 atom stereocenters. The fourth-order valence-electron chi connectivity index (χ4n) is 3.35. The number of aromatic amines is 1. The average Bonchev–Trinajstić information content (AvgIpc) is 3.12. The lowest BCUT2D eigenvalue weighted by Gasteiger charge is -2.31. The lowest BCUT2D eigenvalue weighted by Crippen LogP contribution is -2.42. The molecule has 0 aromatic carbocycles. The molecule has 2 aromatic rings. The molecule has 0 radical (unpaired) electrons. The highest BCUT2D eigenvalue weighted by Gasteiger charge is 2.49. The van der Waals surface area contributed by atoms with E-state index in [4.69, 9.17) is 24.7 Å². The van der Waals surface area contributed by atoms with Crippen LogP contribution in [0.15, 0.2) is 11.1 Å². The molecule has 0 amide bonds. The molecule has 0 bridgehead atoms. The number of imidazole rings is 1. The molecule has 10 nitrogen and oxygen atoms in total. The fourth-order valence-corrected chi connectivity index (χ4v) is 3.35. The number of hydrogen-bond acceptors (Lipinski definition) is 8. The van der Waals surface area contributed by atoms with E-state index in [9.17, 15) is 4.79 Å². The number of methoxy groups -OCH3 is 1. The normalized spacial score (nSPS) is 25.8. The Labute approximate surface area is 169 Å². The third-order valence-electron chi connectivity index (χ3n) is 4.45. The van der Waals surface area contributed by atoms with Crippen LogP contribution >= 0.6 is 0 Å². The summed E-state index contributed by atoms with van der Waals surface area (Å²) < 4.78 is 26.0. The van der Waals surface area contributed by atoms with Crippen molar-refractivity contribution in [3.63, 3.8) is 0 Å². The van der Waals surface area contributed by atoms with Gasteiger partial charge in [-0.2, -0.15) is 4.98 Å². The third kappa shape index (κ3) is 4.77. The molecule has 0 aliphatic carbocycles. The van der Waals surface area contributed by atoms with Crippen LogP contribution in [0, 0.1) is 0 Å². The second kappa shape index (κ2) is 7.67. The zero-order valence-corrected chi connectivity index (χ0v) is 18.1. The van der Waals surface area contributed by atoms with Crippen molar-refractivity contribution < 1.29 is 18.9 Å². The van der Waals surface area contributed by atoms with Crippen LogP contribution in [0.4, 0.5) is 5.95 Å². The number of anilines is 1. The van der Waals surface area contributed by atoms with Gasteiger partial charge in [0, 0.05) is 7.11 Å². The first kappa shape index (κ1) is 21.7. The van der Waals surface area contributed by atoms with Gasteiger partial charge in [0.2, 0.25) is 5.95 Å². The number of H-pyrrole nitrogens is 1. The van der Waals surface area contributed by atoms with E-state index in [0.29, 0.717) is 12.3 Å². The van der Waals surface area contributed by atoms with Crippen LogP contribution in [0.5, 0.6) is 0 Å². The van der Waals surface area contributed by atoms with Gasteiger partial charge >= 0.3 is 0 Å². The summed E-state index contributed by atoms with van der Waals surface area (Å²) in [5.74, 6) is 0.00597. The summed E-state index contributed by atoms with van der Waals surface area (Å²) in [5.41, 5.74) is 5.05. The van der Waals surface area contributed by atoms with Gasteiger partial charge in [-0.05, 0) is 41.5 Å². The highest BCUT2D eigenvalue weighted by atomic mass is 16.6. The van der Waals surface area contributed by atoms with E-state index in [1.807, 2.05) is 41.5 Å². The van der Waals surface area contributed by atoms with Crippen molar-refractivity contribution in [3.8, 4) is 0 Å². The van der Waals surface area contributed by atoms with E-state index >= 15 is 0 Å². The van der Waals surface area contributed by atoms with Gasteiger partial charge < -0.3 is 24.7 Å². The fraction of sp³-hybridized carbons (Fsp3) is 0.737. The quantitative estimate of drug-likeness (QED) is 0.763. The minimum atomic E-state index is -0.619. The van der Waals surface area contributed by atoms with Crippen LogP contribution < -0.4 is 11.3 Å². The maximum absolute atomic E-state index is 12.2. The number of ether oxygens (including phenoxy) is 4. The minimum Gasteiger partial charge on any atom is -0.376 e. The summed E-state index contributed by atoms with van der Waals surface area (Å²) in [4.78, 5) is 23.1. The standard InChI is InChI=1S/C19H31N5O5/c1-18(2,3)27-8-10-12(26-7)13(29-19(4,5)6)16(28-10)24-9-21-11-14(24)22-17(20)23-15(11)25/h9-10,12-13,16H,8H2,1-7H3,(H3,20,22,23,25)/t10-,12?,13+,16-/m1/s1. The second-order valence-electron chi connectivity index (χ2n) is 9.16. The smallest absolute Gasteiger partial charge is 0.280 e. The SMILES string of the molecule is COC1[C@@H](COC(C)(C)C)O[C@@H](n2cnc3c(=O)[nH]c(N)nc32)[C@H]1OC(C)(C)C. The van der Waals surface area contributed by atoms with Crippen LogP contribution in [0.25, 0.3) is 11.2 Å². The molecule has 0 spiro atoms. The van der Waals surface area contributed by atoms with E-state index in [1.165, 1.54) is 6.33 Å². The van der Waals surface area contributed by atoms with Gasteiger partial charge in [-0.3, -0.25) is 14.3 Å². The van der Waals surface area contributed by atoms with Crippen molar-refractivity contribution in [2.45, 2.75) is 77.3 Å². The minimum absolute atomic E-state index is 0.00597. The summed E-state index contributed by atoms with van der Waals surface area (Å²) >= 11 is 0. The molecular formula is C19H31N5O5. The van der Waals surface area contributed by atoms with Gasteiger partial charge in [-0.1, -0.05) is 0 Å². The Kier molecular flexibility index (Phi) is 5.74. The van der Waals surface area contributed by atoms with E-state index in [0.717, 1.165) is 0 Å². The Hall–Kier alpha value is -2.01. The number of rotatable bonds is 5. The van der Waals surface area contributed by atoms with Gasteiger partial charge in [-0.25, -0.2) is 4.98 Å². The van der Waals surface area contributed by atoms with Crippen LogP contribution in [0.2, 0.25) is 0 Å². The van der Waals surface area contributed by atoms with Crippen LogP contribution in [0.1, 0.15) is 47.8 Å². The van der Waals surface area contributed by atoms with Gasteiger partial charge in [0.25, 0.3) is 5.56 Å². The van der Waals surface area contributed by atoms with Crippen molar-refractivity contribution in [2.75, 3.05) is 19.5 Å². The topological polar surface area (TPSA) is 127 Å². The largest absolute Gasteiger partial charge is 0.376 e. The molecule has 10 heteroatoms. The van der Waals surface area contributed by atoms with Gasteiger partial charge in [0.1, 0.15) is 18.3 Å². The zero-order valence-electron chi connectivity index (χ0n) is 18.1. The number of fused-ring (bicyclic) bond motifs is 1. The van der Waals surface area contributed by atoms with Crippen molar-refractivity contribution >= 4 is 17.1 Å². The molecule has 3 rings (SSSR count). The summed E-state index contributed by atoms with van der Waals surface area (Å²) in [5, 5.41) is 0. The first-order valence-corrected chi connectivity index (χ1v) is 9.62. The van der Waals surface area contributed by atoms with E-state index in [-0.39, 0.29) is 23.2 Å². The van der Waals surface area contributed by atoms with Crippen molar-refractivity contribution in [1.29, 1.82) is 0 Å². The Bertz CT molecular complexity index is 910. The number of nitrogens with two attached hydrogens (primary N) is 1. The Balaban J connectivity index is 2.01. The Morgan fingerprint density at radius 2 is 1.90 bits per heavy atom. The van der Waals surface area contributed by atoms with E-state index in [2.05, 4.69) is 15.0 Å². The van der Waals surface area contributed by atoms with E-state index < -0.39 is 29.6 Å². The highest BCUT2D eigenvalue weighted by Crippen LogP contribution is 2.37. The predicted molar refractivity (Wildman–Crippen MR) is 108 cm³/mol. The zero-order chi connectivity index (χ0) is 21.6. The first-order valence-electron chi connectivity index (χ1n) is 9.62. The lowest BCUT2D eigenvalue weighted by atomic mass is 10.1. The molecule has 1 saturated heterocycles. The number of nitrogen functional groups attached to an aromatic ring is 1. The van der Waals surface area contributed by atoms with Gasteiger partial charge in [0.15, 0.2) is 17.4 Å². The lowest BCUT2D eigenvalue weighted by molar-refractivity contribution is -0.133. The molecule has 162 valence electrons. The van der Waals surface area contributed by atoms with Crippen molar-refractivity contribution in [2.24, 2.45) is 0 Å². The monoisotopic (exact) mass is 409 g/mol. The molecule has 2 aromatic heterocycles. The van der Waals surface area contributed by atoms with Crippen LogP contribution in [0.3, 0.4) is 0 Å². The molecular weight excluding hydrogens is 378 g/mol. The number of nitrogens with zero attached hydrogens (tertiary/aromatic N) is 3. The third-order valence-corrected chi connectivity index (χ3v) is 4.45. The highest BCUT2D eigenvalue weighted by molar-refractivity contribution is 5.70. The predicted octanol–water partition coefficient (Wildman–Crippen LogP) is 1.61. The van der Waals surface area contributed by atoms with E-state index in [1.54, 1.807) is 11.7 Å². The second-order valence-corrected chi connectivity index (χ2v) is 9.16. The maximum atomic E-state index is 12.2. The van der Waals surface area contributed by atoms with Crippen LogP contribution in [-0.2, 0) is 18.9 Å². The van der Waals surface area contributed by atoms with Crippen molar-refractivity contribution in [3.05, 3.63) is 16.7 Å². The molecule has 1 aliphatic rings. The molecule has 1 aliphatic heterocycles. The molecule has 0 saturated carbocycles. The van der Waals surface area contributed by atoms with Crippen LogP contribution in [-0.4, -0.2) is 62.7 Å². The summed E-state index contributed by atoms with van der Waals surface area (Å²) in [7, 11) is 1.62. The molecule has 29 heavy (non-hydrogen) atoms. The average molecular weight is 409 g/mol. The summed E-state index contributed by atoms with van der Waals surface area (Å²) in [6, 6.07) is 0. The van der Waals surface area contributed by atoms with Gasteiger partial charge in [-0.15, -0.1) is 0 Å². The molecule has 3 heterocycles. The summed E-state index contributed by atoms with van der Waals surface area (Å²) in [6.45, 7) is 12.1. The summed E-state index contributed by atoms with van der Waals surface area (Å²) in [6.07, 6.45) is -0.359. The number of nitrogens with one attached hydrogen (secondary N) is 1.